The molecule has 2 rings (SSSR count). The third-order valence-electron chi connectivity index (χ3n) is 3.99. The lowest BCUT2D eigenvalue weighted by Gasteiger charge is -2.18. The first-order valence-electron chi connectivity index (χ1n) is 7.96. The van der Waals surface area contributed by atoms with Gasteiger partial charge in [0.1, 0.15) is 12.4 Å². The summed E-state index contributed by atoms with van der Waals surface area (Å²) >= 11 is 0. The lowest BCUT2D eigenvalue weighted by molar-refractivity contribution is -0.118. The molecule has 0 spiro atoms. The van der Waals surface area contributed by atoms with Gasteiger partial charge in [0.2, 0.25) is 5.75 Å². The van der Waals surface area contributed by atoms with Crippen molar-refractivity contribution in [3.63, 3.8) is 0 Å². The Balaban J connectivity index is 2.44. The Hall–Kier alpha value is -2.82. The predicted molar refractivity (Wildman–Crippen MR) is 94.5 cm³/mol. The summed E-state index contributed by atoms with van der Waals surface area (Å²) in [5, 5.41) is 0. The number of benzene rings is 2. The van der Waals surface area contributed by atoms with E-state index in [4.69, 9.17) is 14.2 Å². The number of rotatable bonds is 8. The van der Waals surface area contributed by atoms with Gasteiger partial charge < -0.3 is 14.2 Å². The van der Waals surface area contributed by atoms with Gasteiger partial charge in [0.05, 0.1) is 25.7 Å². The van der Waals surface area contributed by atoms with Gasteiger partial charge >= 0.3 is 0 Å². The third-order valence-corrected chi connectivity index (χ3v) is 3.99. The van der Waals surface area contributed by atoms with Crippen LogP contribution in [-0.4, -0.2) is 25.8 Å². The van der Waals surface area contributed by atoms with Crippen molar-refractivity contribution in [3.05, 3.63) is 53.6 Å². The van der Waals surface area contributed by atoms with Crippen molar-refractivity contribution in [3.8, 4) is 17.2 Å². The van der Waals surface area contributed by atoms with Gasteiger partial charge in [-0.05, 0) is 31.5 Å². The maximum atomic E-state index is 12.7. The minimum Gasteiger partial charge on any atom is -0.493 e. The highest BCUT2D eigenvalue weighted by molar-refractivity contribution is 6.11. The second-order valence-corrected chi connectivity index (χ2v) is 5.65. The normalized spacial score (nSPS) is 11.5. The van der Waals surface area contributed by atoms with E-state index in [-0.39, 0.29) is 23.9 Å². The Labute approximate surface area is 147 Å². The van der Waals surface area contributed by atoms with E-state index in [1.165, 1.54) is 21.1 Å². The van der Waals surface area contributed by atoms with E-state index in [1.54, 1.807) is 19.1 Å². The number of Topliss-reactive ketones (excluding diaryl/α,β-unsaturated/α-hetero) is 2. The maximum absolute atomic E-state index is 12.7. The maximum Gasteiger partial charge on any atom is 0.204 e. The van der Waals surface area contributed by atoms with E-state index in [1.807, 2.05) is 30.3 Å². The van der Waals surface area contributed by atoms with Gasteiger partial charge in [0.15, 0.2) is 17.3 Å². The summed E-state index contributed by atoms with van der Waals surface area (Å²) in [5.74, 6) is -0.191. The van der Waals surface area contributed by atoms with E-state index >= 15 is 0 Å². The summed E-state index contributed by atoms with van der Waals surface area (Å²) in [6, 6.07) is 12.8. The minimum atomic E-state index is -0.753. The smallest absolute Gasteiger partial charge is 0.204 e. The lowest BCUT2D eigenvalue weighted by Crippen LogP contribution is -2.20. The number of methoxy groups -OCH3 is 2. The van der Waals surface area contributed by atoms with Gasteiger partial charge in [-0.25, -0.2) is 0 Å². The molecular weight excluding hydrogens is 320 g/mol. The van der Waals surface area contributed by atoms with Gasteiger partial charge in [0, 0.05) is 0 Å². The van der Waals surface area contributed by atoms with Crippen molar-refractivity contribution < 1.29 is 23.8 Å². The number of ketones is 2. The fourth-order valence-electron chi connectivity index (χ4n) is 2.38. The first-order chi connectivity index (χ1) is 12.0. The fourth-order valence-corrected chi connectivity index (χ4v) is 2.38. The second-order valence-electron chi connectivity index (χ2n) is 5.65. The highest BCUT2D eigenvalue weighted by Gasteiger charge is 2.26. The summed E-state index contributed by atoms with van der Waals surface area (Å²) in [4.78, 5) is 24.3. The Bertz CT molecular complexity index is 752. The molecule has 0 saturated heterocycles. The highest BCUT2D eigenvalue weighted by Crippen LogP contribution is 2.41. The molecule has 0 bridgehead atoms. The molecule has 0 aromatic heterocycles. The molecule has 132 valence electrons. The summed E-state index contributed by atoms with van der Waals surface area (Å²) in [6.45, 7) is 3.25. The predicted octanol–water partition coefficient (Wildman–Crippen LogP) is 3.69. The number of carbonyl (C=O) groups is 2. The van der Waals surface area contributed by atoms with Gasteiger partial charge in [0.25, 0.3) is 0 Å². The third kappa shape index (κ3) is 4.18. The Morgan fingerprint density at radius 2 is 1.64 bits per heavy atom. The molecule has 25 heavy (non-hydrogen) atoms. The van der Waals surface area contributed by atoms with E-state index in [0.717, 1.165) is 5.56 Å². The molecule has 0 aliphatic carbocycles. The summed E-state index contributed by atoms with van der Waals surface area (Å²) in [5.41, 5.74) is 1.25. The van der Waals surface area contributed by atoms with Crippen molar-refractivity contribution in [2.45, 2.75) is 20.5 Å². The topological polar surface area (TPSA) is 61.8 Å². The largest absolute Gasteiger partial charge is 0.493 e. The zero-order valence-corrected chi connectivity index (χ0v) is 14.9. The zero-order chi connectivity index (χ0) is 18.4. The SMILES string of the molecule is COc1ccc(C(=O)C(C)C(C)=O)c(OCc2ccccc2)c1OC. The van der Waals surface area contributed by atoms with Crippen molar-refractivity contribution in [2.24, 2.45) is 5.92 Å². The van der Waals surface area contributed by atoms with E-state index < -0.39 is 5.92 Å². The molecule has 0 fully saturated rings. The van der Waals surface area contributed by atoms with Gasteiger partial charge in [-0.2, -0.15) is 0 Å². The molecule has 2 aromatic rings. The molecule has 1 unspecified atom stereocenters. The first-order valence-corrected chi connectivity index (χ1v) is 7.96. The fraction of sp³-hybridized carbons (Fsp3) is 0.300. The van der Waals surface area contributed by atoms with Crippen LogP contribution >= 0.6 is 0 Å². The van der Waals surface area contributed by atoms with Crippen molar-refractivity contribution in [2.75, 3.05) is 14.2 Å². The molecule has 5 heteroatoms. The molecule has 1 atom stereocenters. The zero-order valence-electron chi connectivity index (χ0n) is 14.9. The van der Waals surface area contributed by atoms with E-state index in [0.29, 0.717) is 17.1 Å². The first kappa shape index (κ1) is 18.5. The molecule has 0 heterocycles. The molecular formula is C20H22O5. The molecule has 0 N–H and O–H groups in total. The number of hydrogen-bond donors (Lipinski definition) is 0. The summed E-state index contributed by atoms with van der Waals surface area (Å²) in [6.07, 6.45) is 0. The van der Waals surface area contributed by atoms with Crippen LogP contribution in [0.5, 0.6) is 17.2 Å². The second kappa shape index (κ2) is 8.33. The van der Waals surface area contributed by atoms with E-state index in [9.17, 15) is 9.59 Å². The van der Waals surface area contributed by atoms with Crippen molar-refractivity contribution >= 4 is 11.6 Å². The summed E-state index contributed by atoms with van der Waals surface area (Å²) < 4.78 is 16.6. The van der Waals surface area contributed by atoms with Crippen LogP contribution in [0.1, 0.15) is 29.8 Å². The van der Waals surface area contributed by atoms with Crippen LogP contribution in [0.3, 0.4) is 0 Å². The molecule has 0 aliphatic heterocycles. The Kier molecular flexibility index (Phi) is 6.17. The Morgan fingerprint density at radius 1 is 0.960 bits per heavy atom. The number of ether oxygens (including phenoxy) is 3. The number of hydrogen-bond acceptors (Lipinski definition) is 5. The minimum absolute atomic E-state index is 0.200. The molecule has 0 amide bonds. The molecule has 0 radical (unpaired) electrons. The van der Waals surface area contributed by atoms with Crippen molar-refractivity contribution in [1.29, 1.82) is 0 Å². The molecule has 0 aliphatic rings. The van der Waals surface area contributed by atoms with Gasteiger partial charge in [-0.3, -0.25) is 9.59 Å². The van der Waals surface area contributed by atoms with Crippen LogP contribution in [0.4, 0.5) is 0 Å². The monoisotopic (exact) mass is 342 g/mol. The van der Waals surface area contributed by atoms with E-state index in [2.05, 4.69) is 0 Å². The molecule has 0 saturated carbocycles. The van der Waals surface area contributed by atoms with Crippen LogP contribution in [0.15, 0.2) is 42.5 Å². The average Bonchev–Trinajstić information content (AvgIpc) is 2.64. The van der Waals surface area contributed by atoms with Crippen LogP contribution in [0.25, 0.3) is 0 Å². The van der Waals surface area contributed by atoms with Crippen LogP contribution in [-0.2, 0) is 11.4 Å². The molecule has 2 aromatic carbocycles. The van der Waals surface area contributed by atoms with Crippen LogP contribution < -0.4 is 14.2 Å². The average molecular weight is 342 g/mol. The number of carbonyl (C=O) groups excluding carboxylic acids is 2. The quantitative estimate of drug-likeness (QED) is 0.541. The molecule has 5 nitrogen and oxygen atoms in total. The van der Waals surface area contributed by atoms with Crippen LogP contribution in [0, 0.1) is 5.92 Å². The highest BCUT2D eigenvalue weighted by atomic mass is 16.5. The van der Waals surface area contributed by atoms with Crippen molar-refractivity contribution in [1.82, 2.24) is 0 Å². The summed E-state index contributed by atoms with van der Waals surface area (Å²) in [7, 11) is 2.99. The lowest BCUT2D eigenvalue weighted by atomic mass is 9.95. The Morgan fingerprint density at radius 3 is 2.20 bits per heavy atom. The van der Waals surface area contributed by atoms with Gasteiger partial charge in [-0.15, -0.1) is 0 Å². The van der Waals surface area contributed by atoms with Gasteiger partial charge in [-0.1, -0.05) is 30.3 Å². The van der Waals surface area contributed by atoms with Crippen LogP contribution in [0.2, 0.25) is 0 Å². The standard InChI is InChI=1S/C20H22O5/c1-13(14(2)21)18(22)16-10-11-17(23-3)20(24-4)19(16)25-12-15-8-6-5-7-9-15/h5-11,13H,12H2,1-4H3.